The average Bonchev–Trinajstić information content (AvgIpc) is 2.85. The number of benzene rings is 2. The highest BCUT2D eigenvalue weighted by molar-refractivity contribution is 5.94. The maximum absolute atomic E-state index is 13.3. The summed E-state index contributed by atoms with van der Waals surface area (Å²) in [6.45, 7) is 5.30. The van der Waals surface area contributed by atoms with Gasteiger partial charge in [0, 0.05) is 37.3 Å². The molecule has 1 amide bonds. The number of carbonyl (C=O) groups is 1. The minimum Gasteiger partial charge on any atom is -0.406 e. The molecule has 3 aromatic rings. The smallest absolute Gasteiger partial charge is 0.406 e. The minimum absolute atomic E-state index is 0.0206. The molecule has 0 bridgehead atoms. The van der Waals surface area contributed by atoms with Crippen LogP contribution in [0, 0.1) is 19.7 Å². The Labute approximate surface area is 206 Å². The van der Waals surface area contributed by atoms with E-state index in [1.807, 2.05) is 13.8 Å². The Morgan fingerprint density at radius 1 is 0.972 bits per heavy atom. The van der Waals surface area contributed by atoms with Crippen LogP contribution in [0.3, 0.4) is 0 Å². The van der Waals surface area contributed by atoms with Crippen molar-refractivity contribution in [3.63, 3.8) is 0 Å². The predicted octanol–water partition coefficient (Wildman–Crippen LogP) is 5.54. The van der Waals surface area contributed by atoms with Crippen LogP contribution in [0.25, 0.3) is 11.3 Å². The second-order valence-electron chi connectivity index (χ2n) is 8.84. The maximum Gasteiger partial charge on any atom is 0.573 e. The second kappa shape index (κ2) is 10.1. The zero-order valence-electron chi connectivity index (χ0n) is 20.1. The number of hydrogen-bond acceptors (Lipinski definition) is 5. The van der Waals surface area contributed by atoms with E-state index < -0.39 is 6.36 Å². The van der Waals surface area contributed by atoms with Gasteiger partial charge in [-0.15, -0.1) is 23.4 Å². The lowest BCUT2D eigenvalue weighted by Crippen LogP contribution is -2.46. The summed E-state index contributed by atoms with van der Waals surface area (Å²) < 4.78 is 54.2. The molecule has 0 atom stereocenters. The van der Waals surface area contributed by atoms with Crippen LogP contribution in [-0.4, -0.2) is 53.5 Å². The average molecular weight is 503 g/mol. The Morgan fingerprint density at radius 2 is 1.58 bits per heavy atom. The highest BCUT2D eigenvalue weighted by atomic mass is 19.4. The van der Waals surface area contributed by atoms with Gasteiger partial charge in [0.15, 0.2) is 5.82 Å². The van der Waals surface area contributed by atoms with Crippen molar-refractivity contribution in [3.05, 3.63) is 71.0 Å². The van der Waals surface area contributed by atoms with Crippen LogP contribution in [0.15, 0.2) is 48.5 Å². The van der Waals surface area contributed by atoms with Gasteiger partial charge in [0.2, 0.25) is 0 Å². The number of anilines is 1. The van der Waals surface area contributed by atoms with Crippen LogP contribution < -0.4 is 9.64 Å². The van der Waals surface area contributed by atoms with Crippen LogP contribution in [0.4, 0.5) is 23.4 Å². The number of amides is 1. The first-order valence-corrected chi connectivity index (χ1v) is 11.5. The molecule has 10 heteroatoms. The molecule has 2 heterocycles. The SMILES string of the molecule is Cc1c(-c2ccc(F)cc2)nnc(N2CCC(N(C)C(=O)c3ccc(OC(F)(F)F)cc3)CC2)c1C. The Hall–Kier alpha value is -3.69. The first-order chi connectivity index (χ1) is 17.0. The van der Waals surface area contributed by atoms with E-state index in [-0.39, 0.29) is 23.5 Å². The van der Waals surface area contributed by atoms with Crippen LogP contribution in [0.5, 0.6) is 5.75 Å². The number of alkyl halides is 3. The fourth-order valence-corrected chi connectivity index (χ4v) is 4.41. The van der Waals surface area contributed by atoms with Crippen LogP contribution in [0.2, 0.25) is 0 Å². The number of rotatable bonds is 5. The molecule has 1 aliphatic heterocycles. The molecule has 6 nitrogen and oxygen atoms in total. The van der Waals surface area contributed by atoms with Gasteiger partial charge in [-0.05, 0) is 86.3 Å². The highest BCUT2D eigenvalue weighted by Gasteiger charge is 2.31. The topological polar surface area (TPSA) is 58.6 Å². The number of ether oxygens (including phenoxy) is 1. The van der Waals surface area contributed by atoms with E-state index >= 15 is 0 Å². The van der Waals surface area contributed by atoms with E-state index in [1.54, 1.807) is 24.1 Å². The molecule has 4 rings (SSSR count). The molecule has 0 spiro atoms. The fraction of sp³-hybridized carbons (Fsp3) is 0.346. The third-order valence-corrected chi connectivity index (χ3v) is 6.58. The summed E-state index contributed by atoms with van der Waals surface area (Å²) in [6.07, 6.45) is -3.37. The van der Waals surface area contributed by atoms with Gasteiger partial charge in [-0.2, -0.15) is 0 Å². The molecule has 190 valence electrons. The molecule has 0 saturated carbocycles. The highest BCUT2D eigenvalue weighted by Crippen LogP contribution is 2.30. The van der Waals surface area contributed by atoms with Gasteiger partial charge in [-0.3, -0.25) is 4.79 Å². The van der Waals surface area contributed by atoms with Gasteiger partial charge in [-0.1, -0.05) is 0 Å². The summed E-state index contributed by atoms with van der Waals surface area (Å²) in [5, 5.41) is 8.86. The molecule has 1 fully saturated rings. The Kier molecular flexibility index (Phi) is 7.14. The normalized spacial score (nSPS) is 14.6. The molecule has 0 radical (unpaired) electrons. The molecule has 1 aliphatic rings. The van der Waals surface area contributed by atoms with Gasteiger partial charge >= 0.3 is 6.36 Å². The van der Waals surface area contributed by atoms with Gasteiger partial charge in [0.25, 0.3) is 5.91 Å². The van der Waals surface area contributed by atoms with Gasteiger partial charge in [0.05, 0.1) is 5.69 Å². The summed E-state index contributed by atoms with van der Waals surface area (Å²) >= 11 is 0. The lowest BCUT2D eigenvalue weighted by molar-refractivity contribution is -0.274. The van der Waals surface area contributed by atoms with E-state index in [9.17, 15) is 22.4 Å². The number of carbonyl (C=O) groups excluding carboxylic acids is 1. The van der Waals surface area contributed by atoms with E-state index in [0.29, 0.717) is 37.2 Å². The van der Waals surface area contributed by atoms with Gasteiger partial charge in [-0.25, -0.2) is 4.39 Å². The monoisotopic (exact) mass is 502 g/mol. The van der Waals surface area contributed by atoms with Crippen molar-refractivity contribution in [2.45, 2.75) is 39.1 Å². The summed E-state index contributed by atoms with van der Waals surface area (Å²) in [5.74, 6) is -0.155. The second-order valence-corrected chi connectivity index (χ2v) is 8.84. The number of aromatic nitrogens is 2. The summed E-state index contributed by atoms with van der Waals surface area (Å²) in [4.78, 5) is 16.7. The van der Waals surface area contributed by atoms with Crippen molar-refractivity contribution < 1.29 is 27.1 Å². The van der Waals surface area contributed by atoms with Crippen molar-refractivity contribution >= 4 is 11.7 Å². The summed E-state index contributed by atoms with van der Waals surface area (Å²) in [5.41, 5.74) is 3.77. The molecule has 0 N–H and O–H groups in total. The first-order valence-electron chi connectivity index (χ1n) is 11.5. The number of halogens is 4. The predicted molar refractivity (Wildman–Crippen MR) is 127 cm³/mol. The third kappa shape index (κ3) is 5.58. The van der Waals surface area contributed by atoms with Crippen molar-refractivity contribution in [1.29, 1.82) is 0 Å². The Balaban J connectivity index is 1.40. The Bertz CT molecular complexity index is 1220. The van der Waals surface area contributed by atoms with Crippen molar-refractivity contribution in [2.24, 2.45) is 0 Å². The Morgan fingerprint density at radius 3 is 2.17 bits per heavy atom. The molecule has 36 heavy (non-hydrogen) atoms. The van der Waals surface area contributed by atoms with Crippen LogP contribution >= 0.6 is 0 Å². The molecule has 1 aromatic heterocycles. The lowest BCUT2D eigenvalue weighted by atomic mass is 10.0. The molecule has 0 aliphatic carbocycles. The van der Waals surface area contributed by atoms with Crippen molar-refractivity contribution in [2.75, 3.05) is 25.0 Å². The fourth-order valence-electron chi connectivity index (χ4n) is 4.41. The van der Waals surface area contributed by atoms with Gasteiger partial charge in [0.1, 0.15) is 11.6 Å². The molecular weight excluding hydrogens is 476 g/mol. The third-order valence-electron chi connectivity index (χ3n) is 6.58. The number of nitrogens with zero attached hydrogens (tertiary/aromatic N) is 4. The van der Waals surface area contributed by atoms with Crippen molar-refractivity contribution in [1.82, 2.24) is 15.1 Å². The van der Waals surface area contributed by atoms with Crippen LogP contribution in [-0.2, 0) is 0 Å². The molecule has 1 saturated heterocycles. The minimum atomic E-state index is -4.78. The zero-order valence-corrected chi connectivity index (χ0v) is 20.1. The van der Waals surface area contributed by atoms with Crippen molar-refractivity contribution in [3.8, 4) is 17.0 Å². The standard InChI is InChI=1S/C26H26F4N4O2/c1-16-17(2)24(32-31-23(16)18-4-8-20(27)9-5-18)34-14-12-21(13-15-34)33(3)25(35)19-6-10-22(11-7-19)36-26(28,29)30/h4-11,21H,12-15H2,1-3H3. The zero-order chi connectivity index (χ0) is 26.0. The molecular formula is C26H26F4N4O2. The maximum atomic E-state index is 13.3. The number of hydrogen-bond donors (Lipinski definition) is 0. The lowest BCUT2D eigenvalue weighted by Gasteiger charge is -2.37. The van der Waals surface area contributed by atoms with E-state index in [4.69, 9.17) is 0 Å². The molecule has 2 aromatic carbocycles. The van der Waals surface area contributed by atoms with E-state index in [0.717, 1.165) is 34.6 Å². The van der Waals surface area contributed by atoms with Gasteiger partial charge < -0.3 is 14.5 Å². The number of piperidine rings is 1. The molecule has 0 unspecified atom stereocenters. The van der Waals surface area contributed by atoms with Crippen LogP contribution in [0.1, 0.15) is 34.3 Å². The quantitative estimate of drug-likeness (QED) is 0.429. The first kappa shape index (κ1) is 25.4. The summed E-state index contributed by atoms with van der Waals surface area (Å²) in [6, 6.07) is 11.1. The largest absolute Gasteiger partial charge is 0.573 e. The summed E-state index contributed by atoms with van der Waals surface area (Å²) in [7, 11) is 1.70. The van der Waals surface area contributed by atoms with E-state index in [1.165, 1.54) is 24.3 Å². The van der Waals surface area contributed by atoms with E-state index in [2.05, 4.69) is 19.8 Å².